The minimum atomic E-state index is -1.75. The number of rotatable bonds is 9. The number of benzene rings is 2. The summed E-state index contributed by atoms with van der Waals surface area (Å²) in [7, 11) is -1.75. The number of para-hydroxylation sites is 1. The summed E-state index contributed by atoms with van der Waals surface area (Å²) in [6, 6.07) is 14.1. The number of nitrogens with zero attached hydrogens (tertiary/aromatic N) is 1. The number of non-ortho nitro benzene ring substituents is 1. The van der Waals surface area contributed by atoms with Crippen LogP contribution in [0.4, 0.5) is 5.69 Å². The highest BCUT2D eigenvalue weighted by Gasteiger charge is 2.27. The van der Waals surface area contributed by atoms with Gasteiger partial charge in [-0.2, -0.15) is 0 Å². The number of ether oxygens (including phenoxy) is 1. The Hall–Kier alpha value is -2.70. The number of carbonyl (C=O) groups excluding carboxylic acids is 1. The number of hydrogen-bond acceptors (Lipinski definition) is 7. The Kier molecular flexibility index (Phi) is 7.99. The second kappa shape index (κ2) is 10.9. The largest absolute Gasteiger partial charge is 0.461 e. The zero-order valence-electron chi connectivity index (χ0n) is 16.7. The standard InChI is InChI=1S/C21H25N2O6P/c1-16(21(24)27-18-8-4-2-5-9-18)22-30(28-19-10-6-3-7-11-19)29-20-14-12-17(13-15-20)23(25)26/h3,6-7,10-16,18,22H,2,4-5,8-9H2,1H3. The molecule has 0 spiro atoms. The minimum Gasteiger partial charge on any atom is -0.461 e. The number of esters is 1. The zero-order chi connectivity index (χ0) is 21.3. The zero-order valence-corrected chi connectivity index (χ0v) is 17.6. The first-order valence-electron chi connectivity index (χ1n) is 9.93. The average Bonchev–Trinajstić information content (AvgIpc) is 2.75. The van der Waals surface area contributed by atoms with Gasteiger partial charge in [0.15, 0.2) is 0 Å². The predicted molar refractivity (Wildman–Crippen MR) is 113 cm³/mol. The topological polar surface area (TPSA) is 99.9 Å². The van der Waals surface area contributed by atoms with Crippen molar-refractivity contribution in [3.05, 3.63) is 64.7 Å². The van der Waals surface area contributed by atoms with Crippen molar-refractivity contribution in [3.63, 3.8) is 0 Å². The van der Waals surface area contributed by atoms with Crippen LogP contribution in [0.5, 0.6) is 11.5 Å². The van der Waals surface area contributed by atoms with E-state index in [9.17, 15) is 14.9 Å². The quantitative estimate of drug-likeness (QED) is 0.254. The Morgan fingerprint density at radius 3 is 2.23 bits per heavy atom. The van der Waals surface area contributed by atoms with E-state index in [4.69, 9.17) is 13.8 Å². The lowest BCUT2D eigenvalue weighted by atomic mass is 9.98. The highest BCUT2D eigenvalue weighted by Crippen LogP contribution is 2.38. The summed E-state index contributed by atoms with van der Waals surface area (Å²) in [5.41, 5.74) is -0.0342. The molecule has 0 heterocycles. The van der Waals surface area contributed by atoms with E-state index in [2.05, 4.69) is 5.09 Å². The van der Waals surface area contributed by atoms with Crippen LogP contribution in [-0.4, -0.2) is 23.0 Å². The van der Waals surface area contributed by atoms with Gasteiger partial charge in [-0.15, -0.1) is 0 Å². The van der Waals surface area contributed by atoms with Crippen molar-refractivity contribution in [2.24, 2.45) is 0 Å². The fourth-order valence-electron chi connectivity index (χ4n) is 3.03. The summed E-state index contributed by atoms with van der Waals surface area (Å²) in [6.07, 6.45) is 5.09. The molecule has 1 aliphatic carbocycles. The average molecular weight is 432 g/mol. The van der Waals surface area contributed by atoms with Crippen molar-refractivity contribution in [3.8, 4) is 11.5 Å². The van der Waals surface area contributed by atoms with Crippen molar-refractivity contribution >= 4 is 20.2 Å². The van der Waals surface area contributed by atoms with E-state index in [1.165, 1.54) is 30.7 Å². The molecule has 0 amide bonds. The molecule has 9 heteroatoms. The number of hydrogen-bond donors (Lipinski definition) is 1. The van der Waals surface area contributed by atoms with E-state index >= 15 is 0 Å². The lowest BCUT2D eigenvalue weighted by Crippen LogP contribution is -2.36. The van der Waals surface area contributed by atoms with Gasteiger partial charge < -0.3 is 13.8 Å². The van der Waals surface area contributed by atoms with Crippen LogP contribution < -0.4 is 14.1 Å². The van der Waals surface area contributed by atoms with E-state index in [-0.39, 0.29) is 17.8 Å². The van der Waals surface area contributed by atoms with Gasteiger partial charge in [0.05, 0.1) is 4.92 Å². The third-order valence-corrected chi connectivity index (χ3v) is 6.01. The van der Waals surface area contributed by atoms with Crippen molar-refractivity contribution in [1.82, 2.24) is 5.09 Å². The van der Waals surface area contributed by atoms with Gasteiger partial charge in [0.1, 0.15) is 23.6 Å². The number of nitrogens with one attached hydrogen (secondary N) is 1. The van der Waals surface area contributed by atoms with E-state index in [1.54, 1.807) is 19.1 Å². The van der Waals surface area contributed by atoms with Crippen LogP contribution in [0.25, 0.3) is 0 Å². The molecule has 1 N–H and O–H groups in total. The van der Waals surface area contributed by atoms with Crippen molar-refractivity contribution in [1.29, 1.82) is 0 Å². The van der Waals surface area contributed by atoms with Crippen molar-refractivity contribution in [2.75, 3.05) is 0 Å². The first-order chi connectivity index (χ1) is 14.5. The Morgan fingerprint density at radius 2 is 1.63 bits per heavy atom. The molecule has 0 bridgehead atoms. The molecule has 0 aliphatic heterocycles. The highest BCUT2D eigenvalue weighted by molar-refractivity contribution is 7.45. The molecule has 0 saturated heterocycles. The van der Waals surface area contributed by atoms with Gasteiger partial charge in [-0.3, -0.25) is 14.9 Å². The maximum Gasteiger partial charge on any atom is 0.382 e. The SMILES string of the molecule is CC(NP(Oc1ccccc1)Oc1ccc([N+](=O)[O-])cc1)C(=O)OC1CCCCC1. The van der Waals surface area contributed by atoms with Crippen LogP contribution in [-0.2, 0) is 9.53 Å². The summed E-state index contributed by atoms with van der Waals surface area (Å²) in [4.78, 5) is 22.9. The van der Waals surface area contributed by atoms with Crippen molar-refractivity contribution < 1.29 is 23.5 Å². The molecule has 30 heavy (non-hydrogen) atoms. The van der Waals surface area contributed by atoms with E-state index < -0.39 is 19.5 Å². The van der Waals surface area contributed by atoms with Gasteiger partial charge in [0, 0.05) is 12.1 Å². The van der Waals surface area contributed by atoms with Gasteiger partial charge >= 0.3 is 14.5 Å². The Labute approximate surface area is 176 Å². The molecule has 2 aromatic carbocycles. The molecule has 1 aliphatic rings. The summed E-state index contributed by atoms with van der Waals surface area (Å²) in [5.74, 6) is 0.618. The second-order valence-electron chi connectivity index (χ2n) is 7.05. The molecule has 2 unspecified atom stereocenters. The fourth-order valence-corrected chi connectivity index (χ4v) is 4.22. The van der Waals surface area contributed by atoms with Crippen LogP contribution >= 0.6 is 8.53 Å². The third kappa shape index (κ3) is 6.68. The van der Waals surface area contributed by atoms with Crippen LogP contribution in [0.15, 0.2) is 54.6 Å². The Bertz CT molecular complexity index is 827. The maximum absolute atomic E-state index is 12.5. The van der Waals surface area contributed by atoms with Gasteiger partial charge in [0.2, 0.25) is 0 Å². The van der Waals surface area contributed by atoms with Gasteiger partial charge in [-0.05, 0) is 56.9 Å². The summed E-state index contributed by atoms with van der Waals surface area (Å²) in [5, 5.41) is 13.9. The predicted octanol–water partition coefficient (Wildman–Crippen LogP) is 5.13. The number of nitro benzene ring substituents is 1. The summed E-state index contributed by atoms with van der Waals surface area (Å²) in [6.45, 7) is 1.70. The second-order valence-corrected chi connectivity index (χ2v) is 8.19. The lowest BCUT2D eigenvalue weighted by molar-refractivity contribution is -0.384. The minimum absolute atomic E-state index is 0.0342. The molecule has 0 aromatic heterocycles. The van der Waals surface area contributed by atoms with E-state index in [1.807, 2.05) is 18.2 Å². The van der Waals surface area contributed by atoms with Crippen LogP contribution in [0.1, 0.15) is 39.0 Å². The third-order valence-electron chi connectivity index (χ3n) is 4.66. The molecular weight excluding hydrogens is 407 g/mol. The van der Waals surface area contributed by atoms with Crippen molar-refractivity contribution in [2.45, 2.75) is 51.2 Å². The van der Waals surface area contributed by atoms with Gasteiger partial charge in [-0.25, -0.2) is 5.09 Å². The van der Waals surface area contributed by atoms with E-state index in [0.29, 0.717) is 11.5 Å². The fraction of sp³-hybridized carbons (Fsp3) is 0.381. The Morgan fingerprint density at radius 1 is 1.03 bits per heavy atom. The van der Waals surface area contributed by atoms with Crippen LogP contribution in [0.2, 0.25) is 0 Å². The first-order valence-corrected chi connectivity index (χ1v) is 11.1. The van der Waals surface area contributed by atoms with Crippen LogP contribution in [0, 0.1) is 10.1 Å². The molecule has 8 nitrogen and oxygen atoms in total. The highest BCUT2D eigenvalue weighted by atomic mass is 31.2. The Balaban J connectivity index is 1.65. The van der Waals surface area contributed by atoms with E-state index in [0.717, 1.165) is 25.7 Å². The molecule has 1 saturated carbocycles. The summed E-state index contributed by atoms with van der Waals surface area (Å²) < 4.78 is 17.4. The molecule has 2 aromatic rings. The molecular formula is C21H25N2O6P. The first kappa shape index (κ1) is 22.0. The molecule has 0 radical (unpaired) electrons. The normalized spacial score (nSPS) is 16.3. The summed E-state index contributed by atoms with van der Waals surface area (Å²) >= 11 is 0. The molecule has 3 rings (SSSR count). The number of carbonyl (C=O) groups is 1. The van der Waals surface area contributed by atoms with Gasteiger partial charge in [0.25, 0.3) is 5.69 Å². The molecule has 160 valence electrons. The monoisotopic (exact) mass is 432 g/mol. The molecule has 1 fully saturated rings. The van der Waals surface area contributed by atoms with Gasteiger partial charge in [-0.1, -0.05) is 24.6 Å². The smallest absolute Gasteiger partial charge is 0.382 e. The molecule has 2 atom stereocenters. The lowest BCUT2D eigenvalue weighted by Gasteiger charge is -2.25. The van der Waals surface area contributed by atoms with Crippen LogP contribution in [0.3, 0.4) is 0 Å². The number of nitro groups is 1. The maximum atomic E-state index is 12.5.